The van der Waals surface area contributed by atoms with Crippen LogP contribution in [-0.4, -0.2) is 16.6 Å². The summed E-state index contributed by atoms with van der Waals surface area (Å²) in [5.74, 6) is 2.43. The van der Waals surface area contributed by atoms with E-state index in [2.05, 4.69) is 44.4 Å². The van der Waals surface area contributed by atoms with Crippen molar-refractivity contribution in [3.05, 3.63) is 65.2 Å². The van der Waals surface area contributed by atoms with Crippen molar-refractivity contribution < 1.29 is 4.79 Å². The zero-order valence-electron chi connectivity index (χ0n) is 21.1. The number of hydrogen-bond donors (Lipinski definition) is 1. The Kier molecular flexibility index (Phi) is 5.51. The van der Waals surface area contributed by atoms with Gasteiger partial charge in [0.05, 0.1) is 16.8 Å². The van der Waals surface area contributed by atoms with Gasteiger partial charge in [0.2, 0.25) is 0 Å². The second-order valence-corrected chi connectivity index (χ2v) is 11.4. The van der Waals surface area contributed by atoms with Crippen LogP contribution in [-0.2, 0) is 0 Å². The minimum atomic E-state index is -0.149. The molecule has 1 amide bonds. The second-order valence-electron chi connectivity index (χ2n) is 11.4. The van der Waals surface area contributed by atoms with Gasteiger partial charge in [0, 0.05) is 22.1 Å². The third kappa shape index (κ3) is 3.97. The van der Waals surface area contributed by atoms with E-state index in [0.717, 1.165) is 46.3 Å². The summed E-state index contributed by atoms with van der Waals surface area (Å²) in [6.07, 6.45) is 8.91. The van der Waals surface area contributed by atoms with Crippen molar-refractivity contribution >= 4 is 22.5 Å². The van der Waals surface area contributed by atoms with Gasteiger partial charge < -0.3 is 0 Å². The number of benzene rings is 2. The van der Waals surface area contributed by atoms with E-state index >= 15 is 0 Å². The topological polar surface area (TPSA) is 54.4 Å². The quantitative estimate of drug-likeness (QED) is 0.319. The fourth-order valence-corrected chi connectivity index (χ4v) is 7.63. The number of rotatable bonds is 5. The molecule has 0 spiro atoms. The van der Waals surface area contributed by atoms with E-state index in [9.17, 15) is 4.79 Å². The van der Waals surface area contributed by atoms with Crippen molar-refractivity contribution in [3.8, 4) is 11.3 Å². The molecule has 4 bridgehead atoms. The Morgan fingerprint density at radius 1 is 0.971 bits per heavy atom. The van der Waals surface area contributed by atoms with Crippen LogP contribution in [0.5, 0.6) is 0 Å². The monoisotopic (exact) mass is 465 g/mol. The number of hydrogen-bond acceptors (Lipinski definition) is 3. The Balaban J connectivity index is 1.34. The van der Waals surface area contributed by atoms with Crippen molar-refractivity contribution in [1.82, 2.24) is 10.4 Å². The van der Waals surface area contributed by atoms with Crippen molar-refractivity contribution in [3.63, 3.8) is 0 Å². The molecule has 1 aromatic heterocycles. The number of pyridine rings is 1. The first-order valence-corrected chi connectivity index (χ1v) is 13.3. The normalized spacial score (nSPS) is 27.4. The molecule has 0 saturated heterocycles. The van der Waals surface area contributed by atoms with E-state index in [0.29, 0.717) is 5.56 Å². The lowest BCUT2D eigenvalue weighted by molar-refractivity contribution is -0.0134. The molecular formula is C31H35N3O. The minimum absolute atomic E-state index is 0.149. The summed E-state index contributed by atoms with van der Waals surface area (Å²) in [7, 11) is 0. The zero-order chi connectivity index (χ0) is 24.2. The molecule has 4 heteroatoms. The van der Waals surface area contributed by atoms with Gasteiger partial charge in [0.1, 0.15) is 0 Å². The van der Waals surface area contributed by atoms with Crippen LogP contribution in [0.1, 0.15) is 73.4 Å². The fraction of sp³-hybridized carbons (Fsp3) is 0.452. The maximum absolute atomic E-state index is 13.6. The maximum atomic E-state index is 13.6. The second kappa shape index (κ2) is 8.58. The highest BCUT2D eigenvalue weighted by Gasteiger charge is 2.52. The SMILES string of the molecule is CC/C(=N\NC(=O)c1cc(-c2ccc(C)c(C)c2)nc2ccccc12)C12CC3CC(CC(C3)C1)C2. The van der Waals surface area contributed by atoms with Gasteiger partial charge in [-0.1, -0.05) is 37.3 Å². The number of nitrogens with zero attached hydrogens (tertiary/aromatic N) is 2. The highest BCUT2D eigenvalue weighted by Crippen LogP contribution is 2.60. The summed E-state index contributed by atoms with van der Waals surface area (Å²) in [4.78, 5) is 18.4. The summed E-state index contributed by atoms with van der Waals surface area (Å²) in [6.45, 7) is 6.42. The molecule has 0 aliphatic heterocycles. The van der Waals surface area contributed by atoms with Crippen LogP contribution in [0, 0.1) is 37.0 Å². The molecule has 2 aromatic carbocycles. The first-order valence-electron chi connectivity index (χ1n) is 13.3. The molecule has 0 atom stereocenters. The van der Waals surface area contributed by atoms with Crippen LogP contribution in [0.15, 0.2) is 53.6 Å². The lowest BCUT2D eigenvalue weighted by Gasteiger charge is -2.57. The zero-order valence-corrected chi connectivity index (χ0v) is 21.1. The van der Waals surface area contributed by atoms with Crippen LogP contribution >= 0.6 is 0 Å². The summed E-state index contributed by atoms with van der Waals surface area (Å²) in [5, 5.41) is 5.70. The number of carbonyl (C=O) groups excluding carboxylic acids is 1. The Morgan fingerprint density at radius 2 is 1.66 bits per heavy atom. The molecule has 4 saturated carbocycles. The average Bonchev–Trinajstić information content (AvgIpc) is 2.84. The van der Waals surface area contributed by atoms with Gasteiger partial charge in [-0.2, -0.15) is 5.10 Å². The predicted octanol–water partition coefficient (Wildman–Crippen LogP) is 7.23. The number of aryl methyl sites for hydroxylation is 2. The first kappa shape index (κ1) is 22.5. The van der Waals surface area contributed by atoms with Crippen LogP contribution in [0.2, 0.25) is 0 Å². The average molecular weight is 466 g/mol. The van der Waals surface area contributed by atoms with E-state index in [-0.39, 0.29) is 11.3 Å². The number of amides is 1. The third-order valence-corrected chi connectivity index (χ3v) is 9.04. The van der Waals surface area contributed by atoms with Gasteiger partial charge in [-0.15, -0.1) is 0 Å². The van der Waals surface area contributed by atoms with Crippen LogP contribution in [0.3, 0.4) is 0 Å². The summed E-state index contributed by atoms with van der Waals surface area (Å²) < 4.78 is 0. The predicted molar refractivity (Wildman–Crippen MR) is 142 cm³/mol. The van der Waals surface area contributed by atoms with Crippen LogP contribution < -0.4 is 5.43 Å². The number of para-hydroxylation sites is 1. The first-order chi connectivity index (χ1) is 16.9. The Morgan fingerprint density at radius 3 is 2.31 bits per heavy atom. The molecule has 3 aromatic rings. The van der Waals surface area contributed by atoms with E-state index in [4.69, 9.17) is 10.1 Å². The number of aromatic nitrogens is 1. The highest BCUT2D eigenvalue weighted by atomic mass is 16.2. The van der Waals surface area contributed by atoms with Crippen LogP contribution in [0.4, 0.5) is 0 Å². The standard InChI is InChI=1S/C31H35N3O/c1-4-29(31-16-21-12-22(17-31)14-23(13-21)18-31)33-34-30(35)26-15-28(24-10-9-19(2)20(3)11-24)32-27-8-6-5-7-25(26)27/h5-11,15,21-23H,4,12-14,16-18H2,1-3H3,(H,34,35)/b33-29+. The largest absolute Gasteiger partial charge is 0.272 e. The Bertz CT molecular complexity index is 1300. The summed E-state index contributed by atoms with van der Waals surface area (Å²) >= 11 is 0. The molecule has 180 valence electrons. The third-order valence-electron chi connectivity index (χ3n) is 9.04. The van der Waals surface area contributed by atoms with Gasteiger partial charge >= 0.3 is 0 Å². The molecule has 1 N–H and O–H groups in total. The van der Waals surface area contributed by atoms with Gasteiger partial charge in [0.25, 0.3) is 5.91 Å². The lowest BCUT2D eigenvalue weighted by Crippen LogP contribution is -2.50. The van der Waals surface area contributed by atoms with E-state index in [1.54, 1.807) is 0 Å². The summed E-state index contributed by atoms with van der Waals surface area (Å²) in [5.41, 5.74) is 10.2. The van der Waals surface area contributed by atoms with Gasteiger partial charge in [-0.05, 0) is 106 Å². The number of nitrogens with one attached hydrogen (secondary N) is 1. The van der Waals surface area contributed by atoms with Gasteiger partial charge in [-0.25, -0.2) is 10.4 Å². The van der Waals surface area contributed by atoms with E-state index < -0.39 is 0 Å². The minimum Gasteiger partial charge on any atom is -0.267 e. The van der Waals surface area contributed by atoms with Crippen molar-refractivity contribution in [2.24, 2.45) is 28.3 Å². The summed E-state index contributed by atoms with van der Waals surface area (Å²) in [6, 6.07) is 16.2. The molecule has 4 nitrogen and oxygen atoms in total. The molecule has 4 aliphatic carbocycles. The molecule has 4 aliphatic rings. The molecule has 0 radical (unpaired) electrons. The maximum Gasteiger partial charge on any atom is 0.272 e. The molecule has 4 fully saturated rings. The van der Waals surface area contributed by atoms with E-state index in [1.807, 2.05) is 30.3 Å². The fourth-order valence-electron chi connectivity index (χ4n) is 7.63. The van der Waals surface area contributed by atoms with Crippen molar-refractivity contribution in [1.29, 1.82) is 0 Å². The smallest absolute Gasteiger partial charge is 0.267 e. The van der Waals surface area contributed by atoms with Crippen LogP contribution in [0.25, 0.3) is 22.2 Å². The van der Waals surface area contributed by atoms with Crippen molar-refractivity contribution in [2.45, 2.75) is 65.7 Å². The van der Waals surface area contributed by atoms with Gasteiger partial charge in [0.15, 0.2) is 0 Å². The molecule has 35 heavy (non-hydrogen) atoms. The van der Waals surface area contributed by atoms with E-state index in [1.165, 1.54) is 55.4 Å². The highest BCUT2D eigenvalue weighted by molar-refractivity contribution is 6.07. The number of fused-ring (bicyclic) bond motifs is 1. The van der Waals surface area contributed by atoms with Gasteiger partial charge in [-0.3, -0.25) is 4.79 Å². The Hall–Kier alpha value is -3.01. The lowest BCUT2D eigenvalue weighted by atomic mass is 9.48. The Labute approximate surface area is 208 Å². The van der Waals surface area contributed by atoms with Crippen molar-refractivity contribution in [2.75, 3.05) is 0 Å². The molecular weight excluding hydrogens is 430 g/mol. The number of hydrazone groups is 1. The molecule has 0 unspecified atom stereocenters. The number of carbonyl (C=O) groups is 1. The molecule has 7 rings (SSSR count). The molecule has 1 heterocycles.